The van der Waals surface area contributed by atoms with Gasteiger partial charge in [0, 0.05) is 12.6 Å². The lowest BCUT2D eigenvalue weighted by Crippen LogP contribution is -2.38. The Bertz CT molecular complexity index is 389. The highest BCUT2D eigenvalue weighted by atomic mass is 16.5. The molecule has 1 atom stereocenters. The van der Waals surface area contributed by atoms with Gasteiger partial charge in [0.1, 0.15) is 0 Å². The van der Waals surface area contributed by atoms with Crippen molar-refractivity contribution in [3.8, 4) is 0 Å². The van der Waals surface area contributed by atoms with E-state index < -0.39 is 0 Å². The van der Waals surface area contributed by atoms with Crippen LogP contribution in [0.4, 0.5) is 0 Å². The van der Waals surface area contributed by atoms with Crippen LogP contribution in [0.1, 0.15) is 24.3 Å². The molecule has 2 rings (SSSR count). The molecule has 5 heteroatoms. The molecule has 0 bridgehead atoms. The van der Waals surface area contributed by atoms with Crippen molar-refractivity contribution < 1.29 is 14.1 Å². The Morgan fingerprint density at radius 3 is 3.18 bits per heavy atom. The van der Waals surface area contributed by atoms with Crippen molar-refractivity contribution in [3.63, 3.8) is 0 Å². The quantitative estimate of drug-likeness (QED) is 0.744. The maximum absolute atomic E-state index is 11.5. The van der Waals surface area contributed by atoms with E-state index in [0.717, 1.165) is 37.4 Å². The zero-order valence-corrected chi connectivity index (χ0v) is 10.3. The highest BCUT2D eigenvalue weighted by molar-refractivity contribution is 5.72. The third-order valence-electron chi connectivity index (χ3n) is 3.10. The topological polar surface area (TPSA) is 55.6 Å². The lowest BCUT2D eigenvalue weighted by Gasteiger charge is -2.30. The minimum Gasteiger partial charge on any atom is -0.469 e. The monoisotopic (exact) mass is 238 g/mol. The Morgan fingerprint density at radius 1 is 1.71 bits per heavy atom. The number of aromatic nitrogens is 1. The Kier molecular flexibility index (Phi) is 3.78. The minimum absolute atomic E-state index is 0.00207. The number of nitrogens with zero attached hydrogens (tertiary/aromatic N) is 2. The van der Waals surface area contributed by atoms with Gasteiger partial charge < -0.3 is 9.26 Å². The third kappa shape index (κ3) is 3.06. The second kappa shape index (κ2) is 5.31. The molecule has 1 aliphatic heterocycles. The molecule has 1 aromatic rings. The van der Waals surface area contributed by atoms with E-state index in [1.807, 2.05) is 13.0 Å². The number of aryl methyl sites for hydroxylation is 1. The average molecular weight is 238 g/mol. The van der Waals surface area contributed by atoms with Gasteiger partial charge in [0.15, 0.2) is 5.76 Å². The second-order valence-corrected chi connectivity index (χ2v) is 4.53. The second-order valence-electron chi connectivity index (χ2n) is 4.53. The molecule has 1 saturated heterocycles. The first-order chi connectivity index (χ1) is 8.19. The number of carbonyl (C=O) groups excluding carboxylic acids is 1. The molecule has 1 aliphatic rings. The van der Waals surface area contributed by atoms with Gasteiger partial charge in [-0.2, -0.15) is 0 Å². The maximum Gasteiger partial charge on any atom is 0.309 e. The van der Waals surface area contributed by atoms with Gasteiger partial charge in [0.05, 0.1) is 25.3 Å². The molecular weight excluding hydrogens is 220 g/mol. The zero-order valence-electron chi connectivity index (χ0n) is 10.3. The fourth-order valence-corrected chi connectivity index (χ4v) is 2.27. The molecule has 0 aromatic carbocycles. The van der Waals surface area contributed by atoms with E-state index in [4.69, 9.17) is 9.26 Å². The summed E-state index contributed by atoms with van der Waals surface area (Å²) >= 11 is 0. The van der Waals surface area contributed by atoms with Gasteiger partial charge in [0.25, 0.3) is 0 Å². The average Bonchev–Trinajstić information content (AvgIpc) is 2.74. The van der Waals surface area contributed by atoms with Crippen LogP contribution in [0, 0.1) is 12.8 Å². The van der Waals surface area contributed by atoms with Gasteiger partial charge in [-0.3, -0.25) is 9.69 Å². The summed E-state index contributed by atoms with van der Waals surface area (Å²) in [4.78, 5) is 13.7. The highest BCUT2D eigenvalue weighted by Crippen LogP contribution is 2.19. The summed E-state index contributed by atoms with van der Waals surface area (Å²) < 4.78 is 9.97. The van der Waals surface area contributed by atoms with Crippen molar-refractivity contribution in [1.82, 2.24) is 10.1 Å². The summed E-state index contributed by atoms with van der Waals surface area (Å²) in [5, 5.41) is 3.86. The molecule has 0 aliphatic carbocycles. The van der Waals surface area contributed by atoms with Crippen molar-refractivity contribution in [1.29, 1.82) is 0 Å². The summed E-state index contributed by atoms with van der Waals surface area (Å²) in [6.45, 7) is 4.36. The van der Waals surface area contributed by atoms with Crippen molar-refractivity contribution >= 4 is 5.97 Å². The number of hydrogen-bond donors (Lipinski definition) is 0. The number of carbonyl (C=O) groups is 1. The highest BCUT2D eigenvalue weighted by Gasteiger charge is 2.26. The minimum atomic E-state index is -0.108. The molecule has 5 nitrogen and oxygen atoms in total. The van der Waals surface area contributed by atoms with Gasteiger partial charge in [-0.15, -0.1) is 0 Å². The van der Waals surface area contributed by atoms with Crippen LogP contribution in [0.15, 0.2) is 10.6 Å². The SMILES string of the molecule is COC(=O)C1CCCN(Cc2cc(C)no2)C1. The smallest absolute Gasteiger partial charge is 0.309 e. The summed E-state index contributed by atoms with van der Waals surface area (Å²) in [5.41, 5.74) is 0.890. The van der Waals surface area contributed by atoms with Crippen LogP contribution in [0.5, 0.6) is 0 Å². The number of piperidine rings is 1. The van der Waals surface area contributed by atoms with E-state index in [1.54, 1.807) is 0 Å². The molecule has 94 valence electrons. The molecule has 2 heterocycles. The number of hydrogen-bond acceptors (Lipinski definition) is 5. The van der Waals surface area contributed by atoms with E-state index >= 15 is 0 Å². The van der Waals surface area contributed by atoms with Crippen molar-refractivity contribution in [2.75, 3.05) is 20.2 Å². The van der Waals surface area contributed by atoms with Gasteiger partial charge in [-0.25, -0.2) is 0 Å². The molecule has 17 heavy (non-hydrogen) atoms. The third-order valence-corrected chi connectivity index (χ3v) is 3.10. The number of likely N-dealkylation sites (tertiary alicyclic amines) is 1. The first kappa shape index (κ1) is 12.1. The molecule has 1 unspecified atom stereocenters. The molecule has 1 fully saturated rings. The Morgan fingerprint density at radius 2 is 2.53 bits per heavy atom. The van der Waals surface area contributed by atoms with E-state index in [0.29, 0.717) is 6.54 Å². The van der Waals surface area contributed by atoms with E-state index in [2.05, 4.69) is 10.1 Å². The van der Waals surface area contributed by atoms with Gasteiger partial charge in [-0.05, 0) is 26.3 Å². The molecule has 0 amide bonds. The van der Waals surface area contributed by atoms with Crippen LogP contribution in [0.2, 0.25) is 0 Å². The van der Waals surface area contributed by atoms with Crippen molar-refractivity contribution in [3.05, 3.63) is 17.5 Å². The van der Waals surface area contributed by atoms with Crippen molar-refractivity contribution in [2.45, 2.75) is 26.3 Å². The lowest BCUT2D eigenvalue weighted by atomic mass is 9.98. The van der Waals surface area contributed by atoms with Gasteiger partial charge in [0.2, 0.25) is 0 Å². The Hall–Kier alpha value is -1.36. The predicted octanol–water partition coefficient (Wildman–Crippen LogP) is 1.37. The summed E-state index contributed by atoms with van der Waals surface area (Å²) in [7, 11) is 1.45. The number of ether oxygens (including phenoxy) is 1. The summed E-state index contributed by atoms with van der Waals surface area (Å²) in [5.74, 6) is 0.745. The number of esters is 1. The van der Waals surface area contributed by atoms with Crippen LogP contribution in [-0.2, 0) is 16.1 Å². The van der Waals surface area contributed by atoms with Gasteiger partial charge >= 0.3 is 5.97 Å². The Labute approximate surface area is 101 Å². The molecule has 0 saturated carbocycles. The molecule has 0 radical (unpaired) electrons. The number of methoxy groups -OCH3 is 1. The normalized spacial score (nSPS) is 21.4. The molecule has 0 N–H and O–H groups in total. The van der Waals surface area contributed by atoms with E-state index in [-0.39, 0.29) is 11.9 Å². The Balaban J connectivity index is 1.91. The standard InChI is InChI=1S/C12H18N2O3/c1-9-6-11(17-13-9)8-14-5-3-4-10(7-14)12(15)16-2/h6,10H,3-5,7-8H2,1-2H3. The van der Waals surface area contributed by atoms with Crippen molar-refractivity contribution in [2.24, 2.45) is 5.92 Å². The lowest BCUT2D eigenvalue weighted by molar-refractivity contribution is -0.147. The van der Waals surface area contributed by atoms with Crippen LogP contribution in [0.3, 0.4) is 0 Å². The first-order valence-electron chi connectivity index (χ1n) is 5.91. The van der Waals surface area contributed by atoms with Crippen LogP contribution < -0.4 is 0 Å². The number of rotatable bonds is 3. The van der Waals surface area contributed by atoms with Crippen LogP contribution in [0.25, 0.3) is 0 Å². The molecular formula is C12H18N2O3. The predicted molar refractivity (Wildman–Crippen MR) is 61.3 cm³/mol. The summed E-state index contributed by atoms with van der Waals surface area (Å²) in [6.07, 6.45) is 1.94. The summed E-state index contributed by atoms with van der Waals surface area (Å²) in [6, 6.07) is 1.93. The maximum atomic E-state index is 11.5. The zero-order chi connectivity index (χ0) is 12.3. The first-order valence-corrected chi connectivity index (χ1v) is 5.91. The van der Waals surface area contributed by atoms with E-state index in [1.165, 1.54) is 7.11 Å². The van der Waals surface area contributed by atoms with Crippen LogP contribution in [-0.4, -0.2) is 36.2 Å². The van der Waals surface area contributed by atoms with Crippen LogP contribution >= 0.6 is 0 Å². The molecule has 1 aromatic heterocycles. The van der Waals surface area contributed by atoms with Gasteiger partial charge in [-0.1, -0.05) is 5.16 Å². The van der Waals surface area contributed by atoms with E-state index in [9.17, 15) is 4.79 Å². The fourth-order valence-electron chi connectivity index (χ4n) is 2.27. The fraction of sp³-hybridized carbons (Fsp3) is 0.667. The molecule has 0 spiro atoms. The largest absolute Gasteiger partial charge is 0.469 e.